The van der Waals surface area contributed by atoms with Gasteiger partial charge in [0.2, 0.25) is 0 Å². The summed E-state index contributed by atoms with van der Waals surface area (Å²) in [4.78, 5) is 41.6. The second-order valence-corrected chi connectivity index (χ2v) is 16.7. The van der Waals surface area contributed by atoms with Crippen molar-refractivity contribution in [3.8, 4) is 0 Å². The Morgan fingerprint density at radius 2 is 1.76 bits per heavy atom. The molecule has 11 heteroatoms. The predicted octanol–water partition coefficient (Wildman–Crippen LogP) is 4.28. The maximum absolute atomic E-state index is 14.9. The van der Waals surface area contributed by atoms with Crippen LogP contribution in [0.2, 0.25) is 0 Å². The molecule has 11 nitrogen and oxygen atoms in total. The Hall–Kier alpha value is -2.83. The largest absolute Gasteiger partial charge is 0.456 e. The molecule has 0 spiro atoms. The number of carbonyl (C=O) groups excluding carboxylic acids is 3. The first-order chi connectivity index (χ1) is 22.7. The van der Waals surface area contributed by atoms with Gasteiger partial charge >= 0.3 is 12.1 Å². The van der Waals surface area contributed by atoms with Crippen molar-refractivity contribution < 1.29 is 48.7 Å². The fraction of sp³-hybridized carbons (Fsp3) is 0.711. The topological polar surface area (TPSA) is 161 Å². The van der Waals surface area contributed by atoms with Crippen molar-refractivity contribution in [1.29, 1.82) is 0 Å². The number of fused-ring (bicyclic) bond motifs is 5. The number of hydrogen-bond acceptors (Lipinski definition) is 10. The highest BCUT2D eigenvalue weighted by Crippen LogP contribution is 2.68. The molecular weight excluding hydrogens is 630 g/mol. The summed E-state index contributed by atoms with van der Waals surface area (Å²) >= 11 is 0. The number of carbonyl (C=O) groups is 3. The minimum Gasteiger partial charge on any atom is -0.456 e. The van der Waals surface area contributed by atoms with Crippen LogP contribution in [0, 0.1) is 34.0 Å². The van der Waals surface area contributed by atoms with Crippen molar-refractivity contribution >= 4 is 17.8 Å². The van der Waals surface area contributed by atoms with Crippen molar-refractivity contribution in [2.75, 3.05) is 20.3 Å². The van der Waals surface area contributed by atoms with Crippen molar-refractivity contribution in [2.45, 2.75) is 117 Å². The van der Waals surface area contributed by atoms with E-state index in [2.05, 4.69) is 12.2 Å². The Kier molecular flexibility index (Phi) is 9.73. The zero-order chi connectivity index (χ0) is 36.5. The van der Waals surface area contributed by atoms with Crippen LogP contribution in [0.15, 0.2) is 41.5 Å². The average Bonchev–Trinajstić information content (AvgIpc) is 3.02. The summed E-state index contributed by atoms with van der Waals surface area (Å²) in [5.74, 6) is -3.10. The van der Waals surface area contributed by atoms with Gasteiger partial charge in [0.25, 0.3) is 0 Å². The average molecular weight is 686 g/mol. The number of aliphatic hydroxyl groups excluding tert-OH is 2. The number of nitrogens with one attached hydrogen (secondary N) is 1. The summed E-state index contributed by atoms with van der Waals surface area (Å²) < 4.78 is 23.5. The molecule has 11 atom stereocenters. The summed E-state index contributed by atoms with van der Waals surface area (Å²) in [6, 6.07) is 7.34. The zero-order valence-corrected chi connectivity index (χ0v) is 30.5. The summed E-state index contributed by atoms with van der Waals surface area (Å²) in [5.41, 5.74) is -3.35. The molecule has 272 valence electrons. The second-order valence-electron chi connectivity index (χ2n) is 16.7. The number of amides is 1. The third-order valence-electron chi connectivity index (χ3n) is 12.5. The number of rotatable bonds is 7. The maximum Gasteiger partial charge on any atom is 0.408 e. The van der Waals surface area contributed by atoms with Crippen LogP contribution >= 0.6 is 0 Å². The molecule has 1 saturated heterocycles. The van der Waals surface area contributed by atoms with E-state index in [0.29, 0.717) is 29.7 Å². The van der Waals surface area contributed by atoms with Crippen LogP contribution in [0.5, 0.6) is 0 Å². The van der Waals surface area contributed by atoms with E-state index in [4.69, 9.17) is 18.9 Å². The molecule has 1 aromatic rings. The fourth-order valence-corrected chi connectivity index (χ4v) is 10.1. The molecule has 3 fully saturated rings. The number of aliphatic hydroxyl groups is 3. The first-order valence-electron chi connectivity index (χ1n) is 17.3. The highest BCUT2D eigenvalue weighted by Gasteiger charge is 2.73. The Morgan fingerprint density at radius 1 is 1.12 bits per heavy atom. The molecule has 1 heterocycles. The molecule has 4 aliphatic rings. The smallest absolute Gasteiger partial charge is 0.408 e. The molecule has 4 unspecified atom stereocenters. The van der Waals surface area contributed by atoms with Gasteiger partial charge in [0.05, 0.1) is 48.4 Å². The SMILES string of the molecule is CO[C@H]1C[C@H]2OC[C@@]2(C)C2C(C)[C@]3(O)C[C@H](OC(=O)C(O)C(NC(=O)OC(C)(C)C)c4ccccc4)C(C)=C([C@@H](CO)C(=O)[C@@]21C)C3(C)C. The monoisotopic (exact) mass is 685 g/mol. The summed E-state index contributed by atoms with van der Waals surface area (Å²) in [7, 11) is 1.59. The zero-order valence-electron chi connectivity index (χ0n) is 30.5. The standard InChI is InChI=1S/C38H55NO10/c1-20-24(48-32(43)29(41)28(22-14-12-11-13-15-22)39-33(44)49-34(3,4)5)17-38(45)21(2)30-36(8)19-47-25(36)16-26(46-10)37(30,9)31(42)23(18-40)27(20)35(38,6)7/h11-15,21,23-26,28-30,40-41,45H,16-19H2,1-10H3,(H,39,44)/t21?,23-,24+,25-,26+,28?,29?,30?,36-,37-,38-/m1/s1. The third-order valence-corrected chi connectivity index (χ3v) is 12.5. The van der Waals surface area contributed by atoms with Gasteiger partial charge in [-0.2, -0.15) is 0 Å². The van der Waals surface area contributed by atoms with Crippen molar-refractivity contribution in [3.63, 3.8) is 0 Å². The van der Waals surface area contributed by atoms with Gasteiger partial charge in [0.15, 0.2) is 11.9 Å². The third kappa shape index (κ3) is 5.83. The van der Waals surface area contributed by atoms with E-state index < -0.39 is 88.2 Å². The van der Waals surface area contributed by atoms with Crippen molar-refractivity contribution in [1.82, 2.24) is 5.32 Å². The first-order valence-corrected chi connectivity index (χ1v) is 17.3. The Labute approximate surface area is 289 Å². The van der Waals surface area contributed by atoms with Crippen LogP contribution in [-0.4, -0.2) is 89.1 Å². The van der Waals surface area contributed by atoms with Crippen LogP contribution in [0.3, 0.4) is 0 Å². The number of alkyl carbamates (subject to hydrolysis) is 1. The fourth-order valence-electron chi connectivity index (χ4n) is 10.1. The summed E-state index contributed by atoms with van der Waals surface area (Å²) in [6.07, 6.45) is -3.85. The highest BCUT2D eigenvalue weighted by molar-refractivity contribution is 5.91. The van der Waals surface area contributed by atoms with E-state index in [0.717, 1.165) is 0 Å². The van der Waals surface area contributed by atoms with Crippen LogP contribution in [-0.2, 0) is 28.5 Å². The molecule has 1 amide bonds. The van der Waals surface area contributed by atoms with E-state index in [1.807, 2.05) is 27.7 Å². The molecular formula is C38H55NO10. The van der Waals surface area contributed by atoms with E-state index in [1.54, 1.807) is 65.1 Å². The number of Topliss-reactive ketones (excluding diaryl/α,β-unsaturated/α-hetero) is 1. The van der Waals surface area contributed by atoms with E-state index in [-0.39, 0.29) is 18.3 Å². The Bertz CT molecular complexity index is 1480. The van der Waals surface area contributed by atoms with Crippen molar-refractivity contribution in [3.05, 3.63) is 47.0 Å². The van der Waals surface area contributed by atoms with E-state index >= 15 is 0 Å². The highest BCUT2D eigenvalue weighted by atomic mass is 16.6. The molecule has 5 rings (SSSR count). The van der Waals surface area contributed by atoms with Gasteiger partial charge in [0, 0.05) is 30.8 Å². The molecule has 1 aromatic carbocycles. The van der Waals surface area contributed by atoms with Crippen LogP contribution in [0.4, 0.5) is 4.79 Å². The van der Waals surface area contributed by atoms with Gasteiger partial charge in [-0.3, -0.25) is 4.79 Å². The summed E-state index contributed by atoms with van der Waals surface area (Å²) in [5, 5.41) is 38.1. The lowest BCUT2D eigenvalue weighted by atomic mass is 9.40. The Balaban J connectivity index is 1.56. The van der Waals surface area contributed by atoms with E-state index in [1.165, 1.54) is 0 Å². The van der Waals surface area contributed by atoms with Gasteiger partial charge in [-0.05, 0) is 63.2 Å². The molecule has 0 aromatic heterocycles. The number of benzene rings is 1. The van der Waals surface area contributed by atoms with Gasteiger partial charge in [-0.25, -0.2) is 9.59 Å². The van der Waals surface area contributed by atoms with E-state index in [9.17, 15) is 29.7 Å². The van der Waals surface area contributed by atoms with Gasteiger partial charge in [-0.15, -0.1) is 0 Å². The number of ketones is 1. The normalized spacial score (nSPS) is 38.1. The molecule has 1 aliphatic heterocycles. The molecule has 2 bridgehead atoms. The predicted molar refractivity (Wildman–Crippen MR) is 180 cm³/mol. The number of methoxy groups -OCH3 is 1. The number of ether oxygens (including phenoxy) is 4. The molecule has 3 aliphatic carbocycles. The Morgan fingerprint density at radius 3 is 2.29 bits per heavy atom. The second kappa shape index (κ2) is 12.7. The van der Waals surface area contributed by atoms with Crippen molar-refractivity contribution in [2.24, 2.45) is 34.0 Å². The minimum absolute atomic E-state index is 0.0113. The number of hydrogen-bond donors (Lipinski definition) is 4. The van der Waals surface area contributed by atoms with Crippen LogP contribution < -0.4 is 5.32 Å². The van der Waals surface area contributed by atoms with Gasteiger partial charge in [0.1, 0.15) is 11.7 Å². The number of esters is 1. The molecule has 2 saturated carbocycles. The van der Waals surface area contributed by atoms with Crippen LogP contribution in [0.25, 0.3) is 0 Å². The first kappa shape index (κ1) is 37.4. The minimum atomic E-state index is -1.84. The maximum atomic E-state index is 14.9. The molecule has 49 heavy (non-hydrogen) atoms. The molecule has 4 N–H and O–H groups in total. The molecule has 0 radical (unpaired) electrons. The summed E-state index contributed by atoms with van der Waals surface area (Å²) in [6.45, 7) is 16.5. The lowest BCUT2D eigenvalue weighted by molar-refractivity contribution is -0.304. The van der Waals surface area contributed by atoms with Gasteiger partial charge < -0.3 is 39.6 Å². The quantitative estimate of drug-likeness (QED) is 0.241. The lowest BCUT2D eigenvalue weighted by Crippen LogP contribution is -2.75. The lowest BCUT2D eigenvalue weighted by Gasteiger charge is -2.69. The van der Waals surface area contributed by atoms with Gasteiger partial charge in [-0.1, -0.05) is 58.0 Å². The van der Waals surface area contributed by atoms with Crippen LogP contribution in [0.1, 0.15) is 86.8 Å².